The number of allylic oxidation sites excluding steroid dienone is 1. The lowest BCUT2D eigenvalue weighted by atomic mass is 9.52. The van der Waals surface area contributed by atoms with Gasteiger partial charge in [0.25, 0.3) is 0 Å². The van der Waals surface area contributed by atoms with Crippen molar-refractivity contribution < 1.29 is 23.7 Å². The third-order valence-electron chi connectivity index (χ3n) is 7.45. The van der Waals surface area contributed by atoms with Gasteiger partial charge in [-0.1, -0.05) is 26.0 Å². The molecule has 5 rings (SSSR count). The van der Waals surface area contributed by atoms with Crippen molar-refractivity contribution in [2.45, 2.75) is 70.2 Å². The second-order valence-corrected chi connectivity index (χ2v) is 8.26. The van der Waals surface area contributed by atoms with Crippen LogP contribution in [0, 0.1) is 10.8 Å². The smallest absolute Gasteiger partial charge is 0.330 e. The molecule has 130 valence electrons. The van der Waals surface area contributed by atoms with Crippen molar-refractivity contribution in [1.82, 2.24) is 0 Å². The summed E-state index contributed by atoms with van der Waals surface area (Å²) in [4.78, 5) is 12.1. The zero-order valence-corrected chi connectivity index (χ0v) is 14.6. The van der Waals surface area contributed by atoms with Crippen LogP contribution < -0.4 is 0 Å². The van der Waals surface area contributed by atoms with Gasteiger partial charge < -0.3 is 18.9 Å². The highest BCUT2D eigenvalue weighted by molar-refractivity contribution is 5.82. The van der Waals surface area contributed by atoms with E-state index in [4.69, 9.17) is 18.9 Å². The van der Waals surface area contributed by atoms with E-state index in [1.165, 1.54) is 11.6 Å². The second-order valence-electron chi connectivity index (χ2n) is 8.26. The Morgan fingerprint density at radius 1 is 1.38 bits per heavy atom. The molecular formula is C19H24O5. The van der Waals surface area contributed by atoms with E-state index in [1.54, 1.807) is 6.08 Å². The van der Waals surface area contributed by atoms with E-state index < -0.39 is 0 Å². The Morgan fingerprint density at radius 2 is 2.12 bits per heavy atom. The van der Waals surface area contributed by atoms with Crippen LogP contribution in [0.3, 0.4) is 0 Å². The molecule has 0 unspecified atom stereocenters. The predicted molar refractivity (Wildman–Crippen MR) is 85.3 cm³/mol. The molecule has 5 aliphatic rings. The van der Waals surface area contributed by atoms with Gasteiger partial charge in [0.15, 0.2) is 0 Å². The molecule has 0 aromatic rings. The molecule has 2 aliphatic carbocycles. The van der Waals surface area contributed by atoms with E-state index in [-0.39, 0.29) is 52.9 Å². The fourth-order valence-corrected chi connectivity index (χ4v) is 5.77. The van der Waals surface area contributed by atoms with Crippen LogP contribution in [0.25, 0.3) is 0 Å². The Morgan fingerprint density at radius 3 is 2.79 bits per heavy atom. The third kappa shape index (κ3) is 1.46. The fraction of sp³-hybridized carbons (Fsp3) is 0.737. The third-order valence-corrected chi connectivity index (χ3v) is 7.45. The molecule has 5 nitrogen and oxygen atoms in total. The predicted octanol–water partition coefficient (Wildman–Crippen LogP) is 2.15. The van der Waals surface area contributed by atoms with Crippen LogP contribution in [0.1, 0.15) is 34.1 Å². The lowest BCUT2D eigenvalue weighted by Crippen LogP contribution is -2.66. The number of hydrogen-bond donors (Lipinski definition) is 0. The Kier molecular flexibility index (Phi) is 2.72. The van der Waals surface area contributed by atoms with E-state index >= 15 is 0 Å². The van der Waals surface area contributed by atoms with Gasteiger partial charge in [-0.15, -0.1) is 0 Å². The van der Waals surface area contributed by atoms with Gasteiger partial charge >= 0.3 is 5.97 Å². The summed E-state index contributed by atoms with van der Waals surface area (Å²) in [5, 5.41) is 0. The van der Waals surface area contributed by atoms with E-state index in [2.05, 4.69) is 26.8 Å². The van der Waals surface area contributed by atoms with Crippen molar-refractivity contribution in [2.75, 3.05) is 6.61 Å². The highest BCUT2D eigenvalue weighted by atomic mass is 16.6. The summed E-state index contributed by atoms with van der Waals surface area (Å²) in [6.45, 7) is 9.05. The number of hydrogen-bond acceptors (Lipinski definition) is 5. The molecule has 3 aliphatic heterocycles. The fourth-order valence-electron chi connectivity index (χ4n) is 5.77. The SMILES string of the molecule is CC=CC(=O)O[C@@H]1C[C@H]2O[C@H]3C=C(C)[C@@H]4O[C@@H]4[C@]3(C)[C@]1(C)[C@]21CO1. The molecule has 2 bridgehead atoms. The molecule has 1 spiro atoms. The number of fused-ring (bicyclic) bond motifs is 4. The monoisotopic (exact) mass is 332 g/mol. The summed E-state index contributed by atoms with van der Waals surface area (Å²) in [6.07, 6.45) is 6.12. The largest absolute Gasteiger partial charge is 0.458 e. The van der Waals surface area contributed by atoms with Gasteiger partial charge in [0.2, 0.25) is 0 Å². The van der Waals surface area contributed by atoms with Crippen LogP contribution >= 0.6 is 0 Å². The average Bonchev–Trinajstić information content (AvgIpc) is 3.40. The highest BCUT2D eigenvalue weighted by Crippen LogP contribution is 2.74. The summed E-state index contributed by atoms with van der Waals surface area (Å²) in [6, 6.07) is 0. The zero-order valence-electron chi connectivity index (χ0n) is 14.6. The maximum absolute atomic E-state index is 12.1. The van der Waals surface area contributed by atoms with Crippen LogP contribution in [0.5, 0.6) is 0 Å². The topological polar surface area (TPSA) is 60.6 Å². The Labute approximate surface area is 142 Å². The number of carbonyl (C=O) groups excluding carboxylic acids is 1. The zero-order chi connectivity index (χ0) is 16.9. The molecule has 0 aromatic carbocycles. The first-order valence-electron chi connectivity index (χ1n) is 8.85. The maximum atomic E-state index is 12.1. The van der Waals surface area contributed by atoms with Crippen molar-refractivity contribution in [3.8, 4) is 0 Å². The molecule has 4 fully saturated rings. The first-order chi connectivity index (χ1) is 11.4. The van der Waals surface area contributed by atoms with E-state index in [0.29, 0.717) is 13.0 Å². The normalized spacial score (nSPS) is 56.7. The first kappa shape index (κ1) is 15.1. The molecule has 0 N–H and O–H groups in total. The number of carbonyl (C=O) groups is 1. The highest BCUT2D eigenvalue weighted by Gasteiger charge is 2.85. The molecule has 3 heterocycles. The Balaban J connectivity index is 1.60. The van der Waals surface area contributed by atoms with Gasteiger partial charge in [-0.05, 0) is 19.4 Å². The minimum Gasteiger partial charge on any atom is -0.458 e. The Hall–Kier alpha value is -1.17. The van der Waals surface area contributed by atoms with Gasteiger partial charge in [0, 0.05) is 23.3 Å². The van der Waals surface area contributed by atoms with Crippen LogP contribution in [0.15, 0.2) is 23.8 Å². The lowest BCUT2D eigenvalue weighted by molar-refractivity contribution is -0.212. The van der Waals surface area contributed by atoms with Gasteiger partial charge in [0.1, 0.15) is 17.8 Å². The lowest BCUT2D eigenvalue weighted by Gasteiger charge is -2.56. The van der Waals surface area contributed by atoms with E-state index in [1.807, 2.05) is 6.92 Å². The van der Waals surface area contributed by atoms with Crippen LogP contribution in [-0.4, -0.2) is 48.7 Å². The maximum Gasteiger partial charge on any atom is 0.330 e. The standard InChI is InChI=1S/C19H24O5/c1-5-6-14(20)23-12-8-13-19(9-21-19)18(12,4)17(3)11(22-13)7-10(2)15-16(17)24-15/h5-7,11-13,15-16H,8-9H2,1-4H3/t11-,12+,13+,15-,16-,17+,18+,19-/m0/s1. The Bertz CT molecular complexity index is 677. The summed E-state index contributed by atoms with van der Waals surface area (Å²) < 4.78 is 24.4. The van der Waals surface area contributed by atoms with E-state index in [0.717, 1.165) is 0 Å². The minimum absolute atomic E-state index is 0.0171. The molecule has 24 heavy (non-hydrogen) atoms. The number of ether oxygens (including phenoxy) is 4. The van der Waals surface area contributed by atoms with Crippen molar-refractivity contribution >= 4 is 5.97 Å². The molecule has 0 amide bonds. The quantitative estimate of drug-likeness (QED) is 0.336. The summed E-state index contributed by atoms with van der Waals surface area (Å²) in [5.74, 6) is -0.289. The average molecular weight is 332 g/mol. The molecule has 0 aromatic heterocycles. The van der Waals surface area contributed by atoms with Crippen molar-refractivity contribution in [1.29, 1.82) is 0 Å². The first-order valence-corrected chi connectivity index (χ1v) is 8.85. The van der Waals surface area contributed by atoms with Gasteiger partial charge in [-0.25, -0.2) is 4.79 Å². The molecule has 3 saturated heterocycles. The van der Waals surface area contributed by atoms with E-state index in [9.17, 15) is 4.79 Å². The summed E-state index contributed by atoms with van der Waals surface area (Å²) in [5.41, 5.74) is 0.332. The molecule has 1 saturated carbocycles. The minimum atomic E-state index is -0.339. The summed E-state index contributed by atoms with van der Waals surface area (Å²) >= 11 is 0. The molecule has 8 atom stereocenters. The number of epoxide rings is 2. The van der Waals surface area contributed by atoms with Crippen molar-refractivity contribution in [3.63, 3.8) is 0 Å². The van der Waals surface area contributed by atoms with Crippen molar-refractivity contribution in [3.05, 3.63) is 23.8 Å². The van der Waals surface area contributed by atoms with Gasteiger partial charge in [-0.2, -0.15) is 0 Å². The summed E-state index contributed by atoms with van der Waals surface area (Å²) in [7, 11) is 0. The van der Waals surface area contributed by atoms with Crippen LogP contribution in [0.2, 0.25) is 0 Å². The number of rotatable bonds is 2. The van der Waals surface area contributed by atoms with Crippen molar-refractivity contribution in [2.24, 2.45) is 10.8 Å². The molecule has 0 radical (unpaired) electrons. The number of esters is 1. The van der Waals surface area contributed by atoms with Gasteiger partial charge in [0.05, 0.1) is 24.9 Å². The van der Waals surface area contributed by atoms with Crippen LogP contribution in [-0.2, 0) is 23.7 Å². The second kappa shape index (κ2) is 4.32. The molecular weight excluding hydrogens is 308 g/mol. The molecule has 5 heteroatoms. The van der Waals surface area contributed by atoms with Crippen LogP contribution in [0.4, 0.5) is 0 Å². The van der Waals surface area contributed by atoms with Gasteiger partial charge in [-0.3, -0.25) is 0 Å².